The molecule has 2 unspecified atom stereocenters. The fourth-order valence-corrected chi connectivity index (χ4v) is 9.68. The van der Waals surface area contributed by atoms with E-state index in [2.05, 4.69) is 25.1 Å². The van der Waals surface area contributed by atoms with E-state index in [0.717, 1.165) is 69.4 Å². The Bertz CT molecular complexity index is 2290. The van der Waals surface area contributed by atoms with Crippen LogP contribution < -0.4 is 15.0 Å². The van der Waals surface area contributed by atoms with Gasteiger partial charge in [0.05, 0.1) is 15.2 Å². The van der Waals surface area contributed by atoms with Crippen molar-refractivity contribution >= 4 is 73.2 Å². The smallest absolute Gasteiger partial charge is 0.413 e. The molecule has 3 saturated heterocycles. The zero-order valence-corrected chi connectivity index (χ0v) is 37.1. The van der Waals surface area contributed by atoms with E-state index in [-0.39, 0.29) is 74.2 Å². The number of piperazine rings is 1. The molecule has 2 aromatic heterocycles. The number of likely N-dealkylation sites (tertiary alicyclic amines) is 2. The van der Waals surface area contributed by atoms with Crippen molar-refractivity contribution in [1.82, 2.24) is 24.8 Å². The van der Waals surface area contributed by atoms with Crippen LogP contribution in [0.4, 0.5) is 29.3 Å². The predicted molar refractivity (Wildman–Crippen MR) is 231 cm³/mol. The summed E-state index contributed by atoms with van der Waals surface area (Å²) in [7, 11) is 0. The van der Waals surface area contributed by atoms with Gasteiger partial charge in [0.25, 0.3) is 0 Å². The van der Waals surface area contributed by atoms with E-state index in [1.807, 2.05) is 20.8 Å². The highest BCUT2D eigenvalue weighted by molar-refractivity contribution is 7.22. The van der Waals surface area contributed by atoms with Crippen molar-refractivity contribution in [2.75, 3.05) is 43.0 Å². The Morgan fingerprint density at radius 2 is 1.64 bits per heavy atom. The highest BCUT2D eigenvalue weighted by Gasteiger charge is 2.44. The van der Waals surface area contributed by atoms with Gasteiger partial charge < -0.3 is 29.1 Å². The van der Waals surface area contributed by atoms with Crippen LogP contribution in [0.2, 0.25) is 5.02 Å². The van der Waals surface area contributed by atoms with Crippen molar-refractivity contribution in [2.45, 2.75) is 129 Å². The average Bonchev–Trinajstić information content (AvgIpc) is 3.86. The Morgan fingerprint density at radius 3 is 2.33 bits per heavy atom. The largest absolute Gasteiger partial charge is 0.481 e. The minimum Gasteiger partial charge on any atom is -0.481 e. The standard InChI is InChI=1S/C43H54ClF2N7O7S/c1-42(2,3)59-40(56)50-39-48-35-27(16-17-30(45)36(35)61-39)32-29(44)20-28-34(33(32)46)47-38(58-23-26-12-11-19-51(26)18-10-8-7-9-13-31(54)55)49-37(28)53-24-14-15-25(53)22-52(21-24)41(57)60-43(4,5)6/h16-17,20,24-26H,7-15,18-19,21-23H2,1-6H3,(H,54,55)(H,48,50,56)/t24?,25?,26-/m0/s1. The average molecular weight is 886 g/mol. The zero-order valence-electron chi connectivity index (χ0n) is 35.5. The Hall–Kier alpha value is -4.61. The molecule has 2 N–H and O–H groups in total. The zero-order chi connectivity index (χ0) is 43.8. The molecule has 18 heteroatoms. The van der Waals surface area contributed by atoms with E-state index in [4.69, 9.17) is 35.9 Å². The number of nitrogens with zero attached hydrogens (tertiary/aromatic N) is 6. The maximum absolute atomic E-state index is 17.4. The molecule has 7 rings (SSSR count). The monoisotopic (exact) mass is 885 g/mol. The fraction of sp³-hybridized carbons (Fsp3) is 0.581. The Kier molecular flexibility index (Phi) is 13.1. The summed E-state index contributed by atoms with van der Waals surface area (Å²) in [6.45, 7) is 13.4. The Balaban J connectivity index is 1.23. The number of ether oxygens (including phenoxy) is 3. The maximum Gasteiger partial charge on any atom is 0.413 e. The van der Waals surface area contributed by atoms with E-state index >= 15 is 8.78 Å². The second-order valence-electron chi connectivity index (χ2n) is 18.1. The number of rotatable bonds is 13. The number of unbranched alkanes of at least 4 members (excludes halogenated alkanes) is 3. The molecule has 2 bridgehead atoms. The number of aliphatic carboxylic acids is 1. The van der Waals surface area contributed by atoms with E-state index in [0.29, 0.717) is 30.7 Å². The van der Waals surface area contributed by atoms with Crippen LogP contribution in [-0.2, 0) is 14.3 Å². The number of halogens is 3. The number of amides is 2. The third-order valence-corrected chi connectivity index (χ3v) is 12.4. The van der Waals surface area contributed by atoms with Crippen LogP contribution in [0.5, 0.6) is 6.01 Å². The molecule has 2 amide bonds. The molecule has 0 radical (unpaired) electrons. The number of carbonyl (C=O) groups is 3. The van der Waals surface area contributed by atoms with Gasteiger partial charge in [0.1, 0.15) is 35.0 Å². The van der Waals surface area contributed by atoms with Crippen LogP contribution in [0.3, 0.4) is 0 Å². The third kappa shape index (κ3) is 10.4. The van der Waals surface area contributed by atoms with E-state index in [9.17, 15) is 14.4 Å². The maximum atomic E-state index is 17.4. The number of hydrogen-bond donors (Lipinski definition) is 2. The number of hydrogen-bond acceptors (Lipinski definition) is 12. The lowest BCUT2D eigenvalue weighted by molar-refractivity contribution is -0.137. The van der Waals surface area contributed by atoms with Crippen LogP contribution in [0.15, 0.2) is 18.2 Å². The highest BCUT2D eigenvalue weighted by atomic mass is 35.5. The van der Waals surface area contributed by atoms with Gasteiger partial charge in [0.2, 0.25) is 0 Å². The van der Waals surface area contributed by atoms with Crippen LogP contribution in [0.1, 0.15) is 99.3 Å². The number of thiazole rings is 1. The molecule has 14 nitrogen and oxygen atoms in total. The van der Waals surface area contributed by atoms with Gasteiger partial charge in [-0.25, -0.2) is 23.4 Å². The summed E-state index contributed by atoms with van der Waals surface area (Å²) in [5, 5.41) is 12.0. The number of fused-ring (bicyclic) bond motifs is 4. The van der Waals surface area contributed by atoms with E-state index < -0.39 is 41.0 Å². The van der Waals surface area contributed by atoms with Crippen molar-refractivity contribution in [1.29, 1.82) is 0 Å². The number of nitrogens with one attached hydrogen (secondary N) is 1. The van der Waals surface area contributed by atoms with Crippen molar-refractivity contribution < 1.29 is 42.5 Å². The van der Waals surface area contributed by atoms with Gasteiger partial charge in [0, 0.05) is 54.1 Å². The van der Waals surface area contributed by atoms with Gasteiger partial charge in [-0.05, 0) is 111 Å². The van der Waals surface area contributed by atoms with Gasteiger partial charge in [-0.15, -0.1) is 0 Å². The van der Waals surface area contributed by atoms with Gasteiger partial charge in [-0.3, -0.25) is 15.0 Å². The summed E-state index contributed by atoms with van der Waals surface area (Å²) >= 11 is 7.89. The quantitative estimate of drug-likeness (QED) is 0.123. The van der Waals surface area contributed by atoms with Gasteiger partial charge in [-0.2, -0.15) is 9.97 Å². The number of carboxylic acid groups (broad SMARTS) is 1. The van der Waals surface area contributed by atoms with Crippen LogP contribution >= 0.6 is 22.9 Å². The summed E-state index contributed by atoms with van der Waals surface area (Å²) in [6.07, 6.45) is 5.85. The molecule has 61 heavy (non-hydrogen) atoms. The van der Waals surface area contributed by atoms with Crippen molar-refractivity contribution in [3.05, 3.63) is 34.9 Å². The van der Waals surface area contributed by atoms with Gasteiger partial charge in [0.15, 0.2) is 10.9 Å². The molecule has 0 spiro atoms. The van der Waals surface area contributed by atoms with Crippen molar-refractivity contribution in [3.8, 4) is 17.1 Å². The van der Waals surface area contributed by atoms with Crippen LogP contribution in [0, 0.1) is 11.6 Å². The molecule has 3 aliphatic rings. The van der Waals surface area contributed by atoms with Gasteiger partial charge in [-0.1, -0.05) is 35.8 Å². The molecule has 3 atom stereocenters. The number of carboxylic acids is 1. The lowest BCUT2D eigenvalue weighted by Crippen LogP contribution is -2.56. The Morgan fingerprint density at radius 1 is 0.934 bits per heavy atom. The molecule has 0 aliphatic carbocycles. The SMILES string of the molecule is CC(C)(C)OC(=O)Nc1nc2c(-c3c(Cl)cc4c(N5C6CCC5CN(C(=O)OC(C)(C)C)C6)nc(OC[C@@H]5CCCN5CCCCCCC(=O)O)nc4c3F)ccc(F)c2s1. The lowest BCUT2D eigenvalue weighted by Gasteiger charge is -2.42. The summed E-state index contributed by atoms with van der Waals surface area (Å²) in [5.41, 5.74) is -1.23. The molecular formula is C43H54ClF2N7O7S. The highest BCUT2D eigenvalue weighted by Crippen LogP contribution is 2.45. The number of anilines is 2. The van der Waals surface area contributed by atoms with E-state index in [1.165, 1.54) is 12.1 Å². The predicted octanol–water partition coefficient (Wildman–Crippen LogP) is 9.65. The first kappa shape index (κ1) is 44.4. The first-order chi connectivity index (χ1) is 28.8. The van der Waals surface area contributed by atoms with Crippen molar-refractivity contribution in [3.63, 3.8) is 0 Å². The molecular weight excluding hydrogens is 832 g/mol. The second kappa shape index (κ2) is 18.0. The minimum absolute atomic E-state index is 0.00840. The molecule has 3 aliphatic heterocycles. The first-order valence-electron chi connectivity index (χ1n) is 21.0. The normalized spacial score (nSPS) is 19.5. The number of aromatic nitrogens is 3. The third-order valence-electron chi connectivity index (χ3n) is 11.1. The fourth-order valence-electron chi connectivity index (χ4n) is 8.51. The molecule has 330 valence electrons. The van der Waals surface area contributed by atoms with Crippen LogP contribution in [0.25, 0.3) is 32.2 Å². The first-order valence-corrected chi connectivity index (χ1v) is 22.2. The molecule has 2 aromatic carbocycles. The summed E-state index contributed by atoms with van der Waals surface area (Å²) in [4.78, 5) is 57.0. The summed E-state index contributed by atoms with van der Waals surface area (Å²) in [6, 6.07) is 4.00. The van der Waals surface area contributed by atoms with Gasteiger partial charge >= 0.3 is 24.2 Å². The molecule has 0 saturated carbocycles. The second-order valence-corrected chi connectivity index (χ2v) is 19.5. The Labute approximate surface area is 362 Å². The number of carbonyl (C=O) groups excluding carboxylic acids is 2. The number of benzene rings is 2. The minimum atomic E-state index is -0.782. The molecule has 4 aromatic rings. The lowest BCUT2D eigenvalue weighted by atomic mass is 10.0. The van der Waals surface area contributed by atoms with E-state index in [1.54, 1.807) is 31.7 Å². The summed E-state index contributed by atoms with van der Waals surface area (Å²) in [5.74, 6) is -1.72. The summed E-state index contributed by atoms with van der Waals surface area (Å²) < 4.78 is 50.2. The topological polar surface area (TPSA) is 160 Å². The molecule has 5 heterocycles. The molecule has 3 fully saturated rings. The van der Waals surface area contributed by atoms with Crippen LogP contribution in [-0.4, -0.2) is 110 Å². The van der Waals surface area contributed by atoms with Crippen molar-refractivity contribution in [2.24, 2.45) is 0 Å².